The van der Waals surface area contributed by atoms with Crippen LogP contribution in [0.25, 0.3) is 11.1 Å². The first-order chi connectivity index (χ1) is 16.0. The van der Waals surface area contributed by atoms with Crippen molar-refractivity contribution in [3.05, 3.63) is 53.6 Å². The number of morpholine rings is 1. The Hall–Kier alpha value is -2.40. The highest BCUT2D eigenvalue weighted by Gasteiger charge is 2.27. The zero-order valence-corrected chi connectivity index (χ0v) is 19.7. The summed E-state index contributed by atoms with van der Waals surface area (Å²) in [6, 6.07) is 12.9. The van der Waals surface area contributed by atoms with Gasteiger partial charge in [-0.1, -0.05) is 36.0 Å². The standard InChI is InChI=1S/C23H25N3O5S2/c27-22(24-19-7-3-5-16-4-1-2-6-18(16)19)15-32-23-25-20-14-17(8-9-21(20)31-23)33(28,29)26-10-12-30-13-11-26/h1-2,4,6,8-9,14,19H,3,5,7,10-13,15H2,(H,24,27)/t19-/m1/s1. The molecule has 0 saturated carbocycles. The van der Waals surface area contributed by atoms with Crippen LogP contribution in [0, 0.1) is 0 Å². The van der Waals surface area contributed by atoms with E-state index in [4.69, 9.17) is 9.15 Å². The minimum Gasteiger partial charge on any atom is -0.431 e. The number of sulfonamides is 1. The third-order valence-corrected chi connectivity index (χ3v) is 8.70. The fourth-order valence-electron chi connectivity index (χ4n) is 4.31. The minimum absolute atomic E-state index is 0.0274. The summed E-state index contributed by atoms with van der Waals surface area (Å²) in [5, 5.41) is 3.46. The number of rotatable bonds is 6. The second-order valence-electron chi connectivity index (χ2n) is 8.13. The Morgan fingerprint density at radius 2 is 2.00 bits per heavy atom. The largest absolute Gasteiger partial charge is 0.431 e. The van der Waals surface area contributed by atoms with Crippen LogP contribution in [0.2, 0.25) is 0 Å². The van der Waals surface area contributed by atoms with Crippen molar-refractivity contribution in [2.24, 2.45) is 0 Å². The van der Waals surface area contributed by atoms with Crippen molar-refractivity contribution in [3.63, 3.8) is 0 Å². The first-order valence-electron chi connectivity index (χ1n) is 11.0. The van der Waals surface area contributed by atoms with Crippen LogP contribution in [0.5, 0.6) is 0 Å². The summed E-state index contributed by atoms with van der Waals surface area (Å²) in [5.41, 5.74) is 3.43. The molecule has 5 rings (SSSR count). The van der Waals surface area contributed by atoms with Gasteiger partial charge in [0.1, 0.15) is 5.52 Å². The maximum absolute atomic E-state index is 12.9. The molecule has 1 aliphatic heterocycles. The van der Waals surface area contributed by atoms with Crippen molar-refractivity contribution in [2.45, 2.75) is 35.4 Å². The van der Waals surface area contributed by atoms with Gasteiger partial charge in [-0.05, 0) is 48.6 Å². The molecule has 2 aromatic carbocycles. The Morgan fingerprint density at radius 1 is 1.18 bits per heavy atom. The number of hydrogen-bond donors (Lipinski definition) is 1. The summed E-state index contributed by atoms with van der Waals surface area (Å²) in [4.78, 5) is 17.1. The van der Waals surface area contributed by atoms with Crippen molar-refractivity contribution in [3.8, 4) is 0 Å². The monoisotopic (exact) mass is 487 g/mol. The van der Waals surface area contributed by atoms with Crippen molar-refractivity contribution in [1.82, 2.24) is 14.6 Å². The summed E-state index contributed by atoms with van der Waals surface area (Å²) in [7, 11) is -3.61. The van der Waals surface area contributed by atoms with Crippen LogP contribution in [0.4, 0.5) is 0 Å². The van der Waals surface area contributed by atoms with Gasteiger partial charge in [-0.2, -0.15) is 4.31 Å². The molecule has 1 aromatic heterocycles. The molecular weight excluding hydrogens is 462 g/mol. The van der Waals surface area contributed by atoms with Gasteiger partial charge in [-0.25, -0.2) is 13.4 Å². The van der Waals surface area contributed by atoms with Crippen LogP contribution in [0.15, 0.2) is 57.0 Å². The molecule has 10 heteroatoms. The first-order valence-corrected chi connectivity index (χ1v) is 13.4. The molecule has 1 amide bonds. The van der Waals surface area contributed by atoms with Crippen molar-refractivity contribution >= 4 is 38.8 Å². The second-order valence-corrected chi connectivity index (χ2v) is 11.0. The summed E-state index contributed by atoms with van der Waals surface area (Å²) >= 11 is 1.20. The van der Waals surface area contributed by atoms with Gasteiger partial charge < -0.3 is 14.5 Å². The molecule has 1 atom stereocenters. The number of aryl methyl sites for hydroxylation is 1. The molecule has 2 aliphatic rings. The van der Waals surface area contributed by atoms with E-state index in [0.717, 1.165) is 19.3 Å². The van der Waals surface area contributed by atoms with Crippen LogP contribution >= 0.6 is 11.8 Å². The molecule has 174 valence electrons. The summed E-state index contributed by atoms with van der Waals surface area (Å²) in [6.45, 7) is 1.45. The minimum atomic E-state index is -3.61. The van der Waals surface area contributed by atoms with E-state index in [1.54, 1.807) is 6.07 Å². The Morgan fingerprint density at radius 3 is 2.85 bits per heavy atom. The molecule has 1 N–H and O–H groups in total. The molecule has 1 saturated heterocycles. The van der Waals surface area contributed by atoms with Crippen LogP contribution in [-0.2, 0) is 26.0 Å². The maximum atomic E-state index is 12.9. The van der Waals surface area contributed by atoms with Gasteiger partial charge in [0.25, 0.3) is 5.22 Å². The molecule has 2 heterocycles. The fraction of sp³-hybridized carbons (Fsp3) is 0.391. The van der Waals surface area contributed by atoms with E-state index in [-0.39, 0.29) is 22.6 Å². The molecule has 0 unspecified atom stereocenters. The molecule has 3 aromatic rings. The average Bonchev–Trinajstić information content (AvgIpc) is 3.26. The van der Waals surface area contributed by atoms with Gasteiger partial charge in [0.15, 0.2) is 5.58 Å². The molecule has 33 heavy (non-hydrogen) atoms. The van der Waals surface area contributed by atoms with Gasteiger partial charge >= 0.3 is 0 Å². The van der Waals surface area contributed by atoms with Crippen LogP contribution < -0.4 is 5.32 Å². The highest BCUT2D eigenvalue weighted by atomic mass is 32.2. The van der Waals surface area contributed by atoms with Crippen molar-refractivity contribution in [1.29, 1.82) is 0 Å². The van der Waals surface area contributed by atoms with E-state index in [9.17, 15) is 13.2 Å². The number of ether oxygens (including phenoxy) is 1. The highest BCUT2D eigenvalue weighted by molar-refractivity contribution is 7.99. The molecule has 8 nitrogen and oxygen atoms in total. The predicted molar refractivity (Wildman–Crippen MR) is 125 cm³/mol. The number of amides is 1. The summed E-state index contributed by atoms with van der Waals surface area (Å²) in [6.07, 6.45) is 3.02. The molecule has 0 bridgehead atoms. The number of nitrogens with one attached hydrogen (secondary N) is 1. The third-order valence-electron chi connectivity index (χ3n) is 5.98. The smallest absolute Gasteiger partial charge is 0.257 e. The number of hydrogen-bond acceptors (Lipinski definition) is 7. The molecule has 0 spiro atoms. The summed E-state index contributed by atoms with van der Waals surface area (Å²) in [5.74, 6) is 0.0873. The second kappa shape index (κ2) is 9.46. The van der Waals surface area contributed by atoms with Gasteiger partial charge in [-0.15, -0.1) is 0 Å². The SMILES string of the molecule is O=C(CSc1nc2cc(S(=O)(=O)N3CCOCC3)ccc2o1)N[C@@H]1CCCc2ccccc21. The number of carbonyl (C=O) groups excluding carboxylic acids is 1. The van der Waals surface area contributed by atoms with Crippen molar-refractivity contribution in [2.75, 3.05) is 32.1 Å². The average molecular weight is 488 g/mol. The number of nitrogens with zero attached hydrogens (tertiary/aromatic N) is 2. The Kier molecular flexibility index (Phi) is 6.42. The zero-order chi connectivity index (χ0) is 22.8. The van der Waals surface area contributed by atoms with E-state index in [1.807, 2.05) is 12.1 Å². The topological polar surface area (TPSA) is 102 Å². The Balaban J connectivity index is 1.24. The number of oxazole rings is 1. The molecule has 0 radical (unpaired) electrons. The Bertz CT molecular complexity index is 1270. The van der Waals surface area contributed by atoms with Crippen LogP contribution in [0.3, 0.4) is 0 Å². The molecule has 1 aliphatic carbocycles. The maximum Gasteiger partial charge on any atom is 0.257 e. The van der Waals surface area contributed by atoms with E-state index in [1.165, 1.54) is 39.3 Å². The first kappa shape index (κ1) is 22.4. The Labute approximate surface area is 196 Å². The number of benzene rings is 2. The van der Waals surface area contributed by atoms with Gasteiger partial charge in [-0.3, -0.25) is 4.79 Å². The number of carbonyl (C=O) groups is 1. The van der Waals surface area contributed by atoms with Crippen LogP contribution in [-0.4, -0.2) is 55.7 Å². The van der Waals surface area contributed by atoms with E-state index in [2.05, 4.69) is 22.4 Å². The lowest BCUT2D eigenvalue weighted by Crippen LogP contribution is -2.40. The van der Waals surface area contributed by atoms with E-state index >= 15 is 0 Å². The predicted octanol–water partition coefficient (Wildman–Crippen LogP) is 3.13. The number of thioether (sulfide) groups is 1. The molecular formula is C23H25N3O5S2. The van der Waals surface area contributed by atoms with Gasteiger partial charge in [0.2, 0.25) is 15.9 Å². The zero-order valence-electron chi connectivity index (χ0n) is 18.0. The van der Waals surface area contributed by atoms with E-state index in [0.29, 0.717) is 42.6 Å². The number of fused-ring (bicyclic) bond motifs is 2. The van der Waals surface area contributed by atoms with Gasteiger partial charge in [0.05, 0.1) is 29.9 Å². The summed E-state index contributed by atoms with van der Waals surface area (Å²) < 4.78 is 38.2. The highest BCUT2D eigenvalue weighted by Crippen LogP contribution is 2.30. The lowest BCUT2D eigenvalue weighted by atomic mass is 9.88. The lowest BCUT2D eigenvalue weighted by Gasteiger charge is -2.26. The quantitative estimate of drug-likeness (QED) is 0.533. The lowest BCUT2D eigenvalue weighted by molar-refractivity contribution is -0.119. The fourth-order valence-corrected chi connectivity index (χ4v) is 6.39. The number of aromatic nitrogens is 1. The van der Waals surface area contributed by atoms with Gasteiger partial charge in [0, 0.05) is 13.1 Å². The third kappa shape index (κ3) is 4.79. The van der Waals surface area contributed by atoms with Crippen LogP contribution in [0.1, 0.15) is 30.0 Å². The normalized spacial score (nSPS) is 19.3. The van der Waals surface area contributed by atoms with Crippen molar-refractivity contribution < 1.29 is 22.4 Å². The molecule has 1 fully saturated rings. The van der Waals surface area contributed by atoms with E-state index < -0.39 is 10.0 Å².